The summed E-state index contributed by atoms with van der Waals surface area (Å²) in [6.07, 6.45) is 0.248. The first-order valence-corrected chi connectivity index (χ1v) is 10.6. The molecule has 6 heteroatoms. The Balaban J connectivity index is 1.66. The SMILES string of the molecule is Cc1ccc(CSc2nc3c(c(=O)[nH]2)[C@H](c2ccc(C)cc2C)CC(=O)N3)cc1. The van der Waals surface area contributed by atoms with E-state index < -0.39 is 0 Å². The number of H-pyrrole nitrogens is 1. The highest BCUT2D eigenvalue weighted by Crippen LogP contribution is 2.36. The fourth-order valence-corrected chi connectivity index (χ4v) is 4.55. The molecule has 2 heterocycles. The maximum absolute atomic E-state index is 12.9. The number of benzene rings is 2. The number of hydrogen-bond donors (Lipinski definition) is 2. The van der Waals surface area contributed by atoms with Crippen LogP contribution in [0.15, 0.2) is 52.4 Å². The molecule has 0 spiro atoms. The summed E-state index contributed by atoms with van der Waals surface area (Å²) in [7, 11) is 0. The monoisotopic (exact) mass is 405 g/mol. The van der Waals surface area contributed by atoms with Gasteiger partial charge in [0.05, 0.1) is 5.56 Å². The molecule has 0 unspecified atom stereocenters. The van der Waals surface area contributed by atoms with Gasteiger partial charge in [0.1, 0.15) is 5.82 Å². The van der Waals surface area contributed by atoms with Crippen LogP contribution in [0.1, 0.15) is 45.7 Å². The molecule has 1 aliphatic heterocycles. The first kappa shape index (κ1) is 19.5. The minimum Gasteiger partial charge on any atom is -0.310 e. The highest BCUT2D eigenvalue weighted by atomic mass is 32.2. The van der Waals surface area contributed by atoms with Gasteiger partial charge in [-0.1, -0.05) is 65.4 Å². The van der Waals surface area contributed by atoms with Crippen molar-refractivity contribution in [2.75, 3.05) is 5.32 Å². The summed E-state index contributed by atoms with van der Waals surface area (Å²) in [6.45, 7) is 6.10. The Kier molecular flexibility index (Phi) is 5.28. The average Bonchev–Trinajstić information content (AvgIpc) is 2.66. The fourth-order valence-electron chi connectivity index (χ4n) is 3.74. The van der Waals surface area contributed by atoms with E-state index in [9.17, 15) is 9.59 Å². The molecular weight excluding hydrogens is 382 g/mol. The number of aromatic nitrogens is 2. The Morgan fingerprint density at radius 2 is 1.76 bits per heavy atom. The highest BCUT2D eigenvalue weighted by Gasteiger charge is 2.31. The molecular formula is C23H23N3O2S. The summed E-state index contributed by atoms with van der Waals surface area (Å²) in [4.78, 5) is 32.8. The zero-order chi connectivity index (χ0) is 20.5. The van der Waals surface area contributed by atoms with Crippen LogP contribution in [-0.4, -0.2) is 15.9 Å². The number of carbonyl (C=O) groups excluding carboxylic acids is 1. The van der Waals surface area contributed by atoms with Gasteiger partial charge in [0.25, 0.3) is 5.56 Å². The number of thioether (sulfide) groups is 1. The van der Waals surface area contributed by atoms with Gasteiger partial charge in [0, 0.05) is 18.1 Å². The Morgan fingerprint density at radius 1 is 1.03 bits per heavy atom. The molecule has 1 atom stereocenters. The van der Waals surface area contributed by atoms with Crippen molar-refractivity contribution in [1.82, 2.24) is 9.97 Å². The lowest BCUT2D eigenvalue weighted by Gasteiger charge is -2.25. The van der Waals surface area contributed by atoms with Gasteiger partial charge in [0.2, 0.25) is 5.91 Å². The number of carbonyl (C=O) groups is 1. The van der Waals surface area contributed by atoms with Crippen molar-refractivity contribution >= 4 is 23.5 Å². The van der Waals surface area contributed by atoms with E-state index in [1.165, 1.54) is 17.3 Å². The molecule has 1 aromatic heterocycles. The van der Waals surface area contributed by atoms with E-state index in [1.807, 2.05) is 32.9 Å². The number of rotatable bonds is 4. The van der Waals surface area contributed by atoms with E-state index in [1.54, 1.807) is 0 Å². The minimum atomic E-state index is -0.285. The number of fused-ring (bicyclic) bond motifs is 1. The van der Waals surface area contributed by atoms with Gasteiger partial charge < -0.3 is 10.3 Å². The third-order valence-corrected chi connectivity index (χ3v) is 6.17. The van der Waals surface area contributed by atoms with Crippen molar-refractivity contribution in [3.8, 4) is 0 Å². The summed E-state index contributed by atoms with van der Waals surface area (Å²) in [5, 5.41) is 3.30. The summed E-state index contributed by atoms with van der Waals surface area (Å²) < 4.78 is 0. The van der Waals surface area contributed by atoms with E-state index in [0.29, 0.717) is 22.3 Å². The van der Waals surface area contributed by atoms with E-state index in [-0.39, 0.29) is 23.8 Å². The van der Waals surface area contributed by atoms with Crippen molar-refractivity contribution in [3.63, 3.8) is 0 Å². The van der Waals surface area contributed by atoms with Crippen LogP contribution in [0.25, 0.3) is 0 Å². The fraction of sp³-hybridized carbons (Fsp3) is 0.261. The first-order valence-electron chi connectivity index (χ1n) is 9.60. The Labute approximate surface area is 174 Å². The van der Waals surface area contributed by atoms with Crippen molar-refractivity contribution in [3.05, 3.63) is 86.2 Å². The van der Waals surface area contributed by atoms with Gasteiger partial charge in [-0.2, -0.15) is 0 Å². The van der Waals surface area contributed by atoms with Gasteiger partial charge in [-0.05, 0) is 37.5 Å². The van der Waals surface area contributed by atoms with Gasteiger partial charge in [-0.25, -0.2) is 4.98 Å². The van der Waals surface area contributed by atoms with Crippen LogP contribution in [0.3, 0.4) is 0 Å². The van der Waals surface area contributed by atoms with Crippen LogP contribution in [-0.2, 0) is 10.5 Å². The summed E-state index contributed by atoms with van der Waals surface area (Å²) in [6, 6.07) is 14.4. The van der Waals surface area contributed by atoms with Crippen molar-refractivity contribution in [1.29, 1.82) is 0 Å². The van der Waals surface area contributed by atoms with E-state index in [0.717, 1.165) is 22.3 Å². The molecule has 148 valence electrons. The van der Waals surface area contributed by atoms with E-state index in [2.05, 4.69) is 45.6 Å². The largest absolute Gasteiger partial charge is 0.310 e. The molecule has 0 aliphatic carbocycles. The molecule has 29 heavy (non-hydrogen) atoms. The smallest absolute Gasteiger partial charge is 0.257 e. The number of amides is 1. The predicted molar refractivity (Wildman–Crippen MR) is 117 cm³/mol. The molecule has 5 nitrogen and oxygen atoms in total. The number of nitrogens with zero attached hydrogens (tertiary/aromatic N) is 1. The normalized spacial score (nSPS) is 15.7. The third kappa shape index (κ3) is 4.12. The maximum Gasteiger partial charge on any atom is 0.257 e. The lowest BCUT2D eigenvalue weighted by Crippen LogP contribution is -2.31. The zero-order valence-electron chi connectivity index (χ0n) is 16.7. The summed E-state index contributed by atoms with van der Waals surface area (Å²) in [5.41, 5.74) is 5.94. The lowest BCUT2D eigenvalue weighted by atomic mass is 9.84. The van der Waals surface area contributed by atoms with E-state index in [4.69, 9.17) is 0 Å². The molecule has 0 saturated heterocycles. The average molecular weight is 406 g/mol. The molecule has 2 N–H and O–H groups in total. The number of aromatic amines is 1. The molecule has 0 radical (unpaired) electrons. The summed E-state index contributed by atoms with van der Waals surface area (Å²) >= 11 is 1.45. The second kappa shape index (κ2) is 7.87. The van der Waals surface area contributed by atoms with Crippen molar-refractivity contribution < 1.29 is 4.79 Å². The van der Waals surface area contributed by atoms with Gasteiger partial charge in [0.15, 0.2) is 5.16 Å². The van der Waals surface area contributed by atoms with Crippen molar-refractivity contribution in [2.45, 2.75) is 44.0 Å². The molecule has 3 aromatic rings. The summed E-state index contributed by atoms with van der Waals surface area (Å²) in [5.74, 6) is 0.666. The number of nitrogens with one attached hydrogen (secondary N) is 2. The Morgan fingerprint density at radius 3 is 2.48 bits per heavy atom. The van der Waals surface area contributed by atoms with E-state index >= 15 is 0 Å². The molecule has 0 fully saturated rings. The third-order valence-electron chi connectivity index (χ3n) is 5.23. The van der Waals surface area contributed by atoms with Crippen LogP contribution in [0.2, 0.25) is 0 Å². The van der Waals surface area contributed by atoms with Crippen LogP contribution in [0, 0.1) is 20.8 Å². The number of anilines is 1. The highest BCUT2D eigenvalue weighted by molar-refractivity contribution is 7.98. The van der Waals surface area contributed by atoms with Crippen LogP contribution >= 0.6 is 11.8 Å². The minimum absolute atomic E-state index is 0.116. The topological polar surface area (TPSA) is 74.8 Å². The Hall–Kier alpha value is -2.86. The lowest BCUT2D eigenvalue weighted by molar-refractivity contribution is -0.116. The second-order valence-electron chi connectivity index (χ2n) is 7.57. The Bertz CT molecular complexity index is 1140. The number of aryl methyl sites for hydroxylation is 3. The second-order valence-corrected chi connectivity index (χ2v) is 8.54. The van der Waals surface area contributed by atoms with Crippen molar-refractivity contribution in [2.24, 2.45) is 0 Å². The molecule has 2 aromatic carbocycles. The number of hydrogen-bond acceptors (Lipinski definition) is 4. The predicted octanol–water partition coefficient (Wildman–Crippen LogP) is 4.46. The van der Waals surface area contributed by atoms with Gasteiger partial charge in [-0.3, -0.25) is 9.59 Å². The van der Waals surface area contributed by atoms with Crippen LogP contribution in [0.5, 0.6) is 0 Å². The maximum atomic E-state index is 12.9. The standard InChI is InChI=1S/C23H23N3O2S/c1-13-4-7-16(8-5-13)12-29-23-25-21-20(22(28)26-23)18(11-19(27)24-21)17-9-6-14(2)10-15(17)3/h4-10,18H,11-12H2,1-3H3,(H2,24,25,26,27,28)/t18-/m0/s1. The molecule has 1 aliphatic rings. The molecule has 1 amide bonds. The molecule has 0 bridgehead atoms. The van der Waals surface area contributed by atoms with Crippen LogP contribution in [0.4, 0.5) is 5.82 Å². The zero-order valence-corrected chi connectivity index (χ0v) is 17.5. The first-order chi connectivity index (χ1) is 13.9. The van der Waals surface area contributed by atoms with Gasteiger partial charge >= 0.3 is 0 Å². The molecule has 4 rings (SSSR count). The van der Waals surface area contributed by atoms with Crippen LogP contribution < -0.4 is 10.9 Å². The van der Waals surface area contributed by atoms with Gasteiger partial charge in [-0.15, -0.1) is 0 Å². The molecule has 0 saturated carbocycles. The quantitative estimate of drug-likeness (QED) is 0.496.